The number of aromatic carboxylic acids is 1. The van der Waals surface area contributed by atoms with Crippen molar-refractivity contribution in [3.05, 3.63) is 58.7 Å². The average Bonchev–Trinajstić information content (AvgIpc) is 3.40. The Morgan fingerprint density at radius 2 is 1.97 bits per heavy atom. The van der Waals surface area contributed by atoms with Crippen LogP contribution in [0.2, 0.25) is 0 Å². The van der Waals surface area contributed by atoms with Gasteiger partial charge in [0.2, 0.25) is 0 Å². The van der Waals surface area contributed by atoms with E-state index in [0.29, 0.717) is 28.7 Å². The Labute approximate surface area is 175 Å². The molecule has 1 aliphatic heterocycles. The van der Waals surface area contributed by atoms with Crippen molar-refractivity contribution in [2.45, 2.75) is 44.6 Å². The summed E-state index contributed by atoms with van der Waals surface area (Å²) in [5.41, 5.74) is 11.5. The first-order chi connectivity index (χ1) is 14.6. The van der Waals surface area contributed by atoms with Gasteiger partial charge in [0.25, 0.3) is 0 Å². The lowest BCUT2D eigenvalue weighted by molar-refractivity contribution is 0.0696. The van der Waals surface area contributed by atoms with Gasteiger partial charge in [-0.1, -0.05) is 18.9 Å². The highest BCUT2D eigenvalue weighted by Crippen LogP contribution is 2.45. The fourth-order valence-electron chi connectivity index (χ4n) is 5.50. The number of hydrogen-bond donors (Lipinski definition) is 2. The standard InChI is InChI=1S/C24H24N4O2/c25-13-17-5-8-18(12-21(17)26)28-23(14-3-1-2-4-14)20-10-6-15-11-16(24(29)30)7-9-19(15)22(20)27-28/h5,7-9,11-12,14,20,23H,1-4,6,10,26H2,(H,29,30)/t20-,23?/m0/s1. The normalized spacial score (nSPS) is 22.9. The molecule has 0 spiro atoms. The lowest BCUT2D eigenvalue weighted by atomic mass is 9.75. The van der Waals surface area contributed by atoms with Crippen molar-refractivity contribution < 1.29 is 9.90 Å². The summed E-state index contributed by atoms with van der Waals surface area (Å²) < 4.78 is 0. The van der Waals surface area contributed by atoms with Gasteiger partial charge in [-0.05, 0) is 67.5 Å². The van der Waals surface area contributed by atoms with E-state index in [1.165, 1.54) is 25.7 Å². The summed E-state index contributed by atoms with van der Waals surface area (Å²) in [6, 6.07) is 13.4. The summed E-state index contributed by atoms with van der Waals surface area (Å²) in [4.78, 5) is 11.4. The number of carboxylic acids is 1. The summed E-state index contributed by atoms with van der Waals surface area (Å²) in [6.45, 7) is 0. The van der Waals surface area contributed by atoms with Crippen molar-refractivity contribution in [3.63, 3.8) is 0 Å². The van der Waals surface area contributed by atoms with E-state index in [1.807, 2.05) is 18.2 Å². The van der Waals surface area contributed by atoms with Crippen LogP contribution in [0.3, 0.4) is 0 Å². The molecule has 0 aromatic heterocycles. The maximum atomic E-state index is 11.4. The SMILES string of the molecule is N#Cc1ccc(N2N=C3c4ccc(C(=O)O)cc4CC[C@@H]3C2C2CCCC2)cc1N. The molecule has 152 valence electrons. The second-order valence-electron chi connectivity index (χ2n) is 8.57. The van der Waals surface area contributed by atoms with Crippen molar-refractivity contribution in [1.29, 1.82) is 5.26 Å². The van der Waals surface area contributed by atoms with Crippen LogP contribution in [-0.2, 0) is 6.42 Å². The van der Waals surface area contributed by atoms with E-state index in [2.05, 4.69) is 11.1 Å². The topological polar surface area (TPSA) is 103 Å². The van der Waals surface area contributed by atoms with Crippen LogP contribution in [0.5, 0.6) is 0 Å². The van der Waals surface area contributed by atoms with Gasteiger partial charge in [0.1, 0.15) is 6.07 Å². The summed E-state index contributed by atoms with van der Waals surface area (Å²) in [6.07, 6.45) is 6.76. The zero-order valence-electron chi connectivity index (χ0n) is 16.7. The highest BCUT2D eigenvalue weighted by molar-refractivity contribution is 6.07. The Hall–Kier alpha value is -3.33. The van der Waals surface area contributed by atoms with Crippen LogP contribution in [-0.4, -0.2) is 22.8 Å². The Balaban J connectivity index is 1.59. The Kier molecular flexibility index (Phi) is 4.47. The van der Waals surface area contributed by atoms with E-state index in [4.69, 9.17) is 10.8 Å². The van der Waals surface area contributed by atoms with Crippen molar-refractivity contribution >= 4 is 23.1 Å². The number of hydrogen-bond acceptors (Lipinski definition) is 5. The summed E-state index contributed by atoms with van der Waals surface area (Å²) in [5, 5.41) is 25.8. The average molecular weight is 400 g/mol. The number of hydrazone groups is 1. The third-order valence-electron chi connectivity index (χ3n) is 6.92. The Morgan fingerprint density at radius 3 is 2.67 bits per heavy atom. The van der Waals surface area contributed by atoms with E-state index >= 15 is 0 Å². The van der Waals surface area contributed by atoms with Gasteiger partial charge in [-0.2, -0.15) is 10.4 Å². The molecule has 2 aliphatic carbocycles. The molecule has 2 aromatic rings. The van der Waals surface area contributed by atoms with Crippen LogP contribution in [0, 0.1) is 23.2 Å². The molecule has 3 N–H and O–H groups in total. The zero-order chi connectivity index (χ0) is 20.8. The fourth-order valence-corrected chi connectivity index (χ4v) is 5.50. The predicted molar refractivity (Wildman–Crippen MR) is 116 cm³/mol. The van der Waals surface area contributed by atoms with Gasteiger partial charge < -0.3 is 10.8 Å². The van der Waals surface area contributed by atoms with Crippen LogP contribution in [0.1, 0.15) is 59.2 Å². The molecule has 2 aromatic carbocycles. The molecular formula is C24H24N4O2. The largest absolute Gasteiger partial charge is 0.478 e. The first-order valence-corrected chi connectivity index (χ1v) is 10.6. The molecule has 1 saturated carbocycles. The summed E-state index contributed by atoms with van der Waals surface area (Å²) >= 11 is 0. The van der Waals surface area contributed by atoms with E-state index in [1.54, 1.807) is 18.2 Å². The number of carboxylic acid groups (broad SMARTS) is 1. The maximum Gasteiger partial charge on any atom is 0.335 e. The molecule has 5 rings (SSSR count). The van der Waals surface area contributed by atoms with Crippen molar-refractivity contribution in [3.8, 4) is 6.07 Å². The van der Waals surface area contributed by atoms with Crippen molar-refractivity contribution in [2.75, 3.05) is 10.7 Å². The number of fused-ring (bicyclic) bond motifs is 3. The minimum absolute atomic E-state index is 0.280. The van der Waals surface area contributed by atoms with Gasteiger partial charge in [0.05, 0.1) is 34.3 Å². The van der Waals surface area contributed by atoms with Crippen LogP contribution >= 0.6 is 0 Å². The number of aryl methyl sites for hydroxylation is 1. The van der Waals surface area contributed by atoms with E-state index in [9.17, 15) is 15.2 Å². The first kappa shape index (κ1) is 18.7. The van der Waals surface area contributed by atoms with Crippen molar-refractivity contribution in [1.82, 2.24) is 0 Å². The Bertz CT molecular complexity index is 1090. The van der Waals surface area contributed by atoms with E-state index in [0.717, 1.165) is 35.4 Å². The molecule has 30 heavy (non-hydrogen) atoms. The van der Waals surface area contributed by atoms with Gasteiger partial charge in [-0.15, -0.1) is 0 Å². The van der Waals surface area contributed by atoms with Crippen LogP contribution < -0.4 is 10.7 Å². The molecule has 0 radical (unpaired) electrons. The molecule has 1 heterocycles. The number of carbonyl (C=O) groups is 1. The second kappa shape index (κ2) is 7.17. The van der Waals surface area contributed by atoms with Gasteiger partial charge >= 0.3 is 5.97 Å². The number of anilines is 2. The third kappa shape index (κ3) is 2.93. The predicted octanol–water partition coefficient (Wildman–Crippen LogP) is 4.18. The fraction of sp³-hybridized carbons (Fsp3) is 0.375. The smallest absolute Gasteiger partial charge is 0.335 e. The molecule has 0 saturated heterocycles. The van der Waals surface area contributed by atoms with Gasteiger partial charge in [-0.3, -0.25) is 5.01 Å². The Morgan fingerprint density at radius 1 is 1.17 bits per heavy atom. The van der Waals surface area contributed by atoms with Gasteiger partial charge in [0, 0.05) is 11.5 Å². The van der Waals surface area contributed by atoms with Crippen LogP contribution in [0.25, 0.3) is 0 Å². The van der Waals surface area contributed by atoms with E-state index in [-0.39, 0.29) is 6.04 Å². The molecule has 2 atom stereocenters. The number of benzene rings is 2. The van der Waals surface area contributed by atoms with Crippen molar-refractivity contribution in [2.24, 2.45) is 16.9 Å². The van der Waals surface area contributed by atoms with Crippen LogP contribution in [0.4, 0.5) is 11.4 Å². The highest BCUT2D eigenvalue weighted by Gasteiger charge is 2.45. The number of nitriles is 1. The quantitative estimate of drug-likeness (QED) is 0.752. The number of nitrogen functional groups attached to an aromatic ring is 1. The van der Waals surface area contributed by atoms with Gasteiger partial charge in [-0.25, -0.2) is 4.79 Å². The monoisotopic (exact) mass is 400 g/mol. The minimum Gasteiger partial charge on any atom is -0.478 e. The third-order valence-corrected chi connectivity index (χ3v) is 6.92. The van der Waals surface area contributed by atoms with Gasteiger partial charge in [0.15, 0.2) is 0 Å². The molecule has 0 amide bonds. The molecule has 6 heteroatoms. The summed E-state index contributed by atoms with van der Waals surface area (Å²) in [5.74, 6) is 0.00732. The number of rotatable bonds is 3. The minimum atomic E-state index is -0.896. The number of nitrogens with two attached hydrogens (primary N) is 1. The molecule has 6 nitrogen and oxygen atoms in total. The lowest BCUT2D eigenvalue weighted by Crippen LogP contribution is -2.40. The highest BCUT2D eigenvalue weighted by atomic mass is 16.4. The molecule has 3 aliphatic rings. The van der Waals surface area contributed by atoms with Crippen LogP contribution in [0.15, 0.2) is 41.5 Å². The second-order valence-corrected chi connectivity index (χ2v) is 8.57. The maximum absolute atomic E-state index is 11.4. The summed E-state index contributed by atoms with van der Waals surface area (Å²) in [7, 11) is 0. The molecule has 1 fully saturated rings. The molecular weight excluding hydrogens is 376 g/mol. The first-order valence-electron chi connectivity index (χ1n) is 10.6. The molecule has 0 bridgehead atoms. The lowest BCUT2D eigenvalue weighted by Gasteiger charge is -2.34. The molecule has 1 unspecified atom stereocenters. The van der Waals surface area contributed by atoms with E-state index < -0.39 is 5.97 Å². The number of nitrogens with zero attached hydrogens (tertiary/aromatic N) is 3. The zero-order valence-corrected chi connectivity index (χ0v) is 16.7.